The maximum absolute atomic E-state index is 12.2. The highest BCUT2D eigenvalue weighted by atomic mass is 127. The van der Waals surface area contributed by atoms with Gasteiger partial charge in [-0.05, 0) is 40.8 Å². The molecule has 0 saturated heterocycles. The lowest BCUT2D eigenvalue weighted by Gasteiger charge is -2.13. The van der Waals surface area contributed by atoms with E-state index in [4.69, 9.17) is 5.73 Å². The molecule has 1 aliphatic heterocycles. The Morgan fingerprint density at radius 2 is 1.86 bits per heavy atom. The highest BCUT2D eigenvalue weighted by Crippen LogP contribution is 2.26. The van der Waals surface area contributed by atoms with E-state index in [1.54, 1.807) is 0 Å². The van der Waals surface area contributed by atoms with Gasteiger partial charge in [-0.25, -0.2) is 0 Å². The molecule has 0 radical (unpaired) electrons. The van der Waals surface area contributed by atoms with Gasteiger partial charge in [0.05, 0.1) is 16.8 Å². The molecule has 2 amide bonds. The number of imide groups is 1. The van der Waals surface area contributed by atoms with Crippen molar-refractivity contribution < 1.29 is 14.7 Å². The van der Waals surface area contributed by atoms with Crippen LogP contribution < -0.4 is 16.6 Å². The minimum Gasteiger partial charge on any atom is -0.508 e. The Kier molecular flexibility index (Phi) is 2.97. The summed E-state index contributed by atoms with van der Waals surface area (Å²) in [5.41, 5.74) is 5.77. The zero-order chi connectivity index (χ0) is 15.3. The Labute approximate surface area is 131 Å². The number of phenolic OH excluding ortho intramolecular Hbond substituents is 1. The lowest BCUT2D eigenvalue weighted by atomic mass is 10.1. The number of anilines is 1. The summed E-state index contributed by atoms with van der Waals surface area (Å²) in [6, 6.07) is 5.45. The predicted octanol–water partition coefficient (Wildman–Crippen LogP) is 0.614. The van der Waals surface area contributed by atoms with Crippen molar-refractivity contribution in [3.8, 4) is 11.4 Å². The van der Waals surface area contributed by atoms with Crippen molar-refractivity contribution in [1.82, 2.24) is 9.88 Å². The third-order valence-corrected chi connectivity index (χ3v) is 3.99. The number of nitrogens with two attached hydrogens (primary N) is 1. The first-order valence-corrected chi connectivity index (χ1v) is 6.88. The maximum atomic E-state index is 12.2. The van der Waals surface area contributed by atoms with Crippen molar-refractivity contribution in [3.05, 3.63) is 49.3 Å². The van der Waals surface area contributed by atoms with Gasteiger partial charge in [-0.3, -0.25) is 24.3 Å². The molecule has 0 unspecified atom stereocenters. The maximum Gasteiger partial charge on any atom is 0.262 e. The molecule has 2 aromatic rings. The van der Waals surface area contributed by atoms with E-state index in [2.05, 4.69) is 5.32 Å². The van der Waals surface area contributed by atoms with Crippen LogP contribution in [0.2, 0.25) is 0 Å². The number of benzene rings is 1. The summed E-state index contributed by atoms with van der Waals surface area (Å²) < 4.78 is 1.71. The molecule has 0 saturated carbocycles. The van der Waals surface area contributed by atoms with E-state index >= 15 is 0 Å². The van der Waals surface area contributed by atoms with E-state index < -0.39 is 17.4 Å². The Morgan fingerprint density at radius 3 is 2.52 bits per heavy atom. The zero-order valence-electron chi connectivity index (χ0n) is 10.4. The summed E-state index contributed by atoms with van der Waals surface area (Å²) >= 11 is 1.94. The summed E-state index contributed by atoms with van der Waals surface area (Å²) in [4.78, 5) is 35.5. The van der Waals surface area contributed by atoms with Crippen molar-refractivity contribution in [2.75, 3.05) is 5.73 Å². The smallest absolute Gasteiger partial charge is 0.262 e. The Morgan fingerprint density at radius 1 is 1.14 bits per heavy atom. The summed E-state index contributed by atoms with van der Waals surface area (Å²) in [5, 5.41) is 11.5. The minimum absolute atomic E-state index is 0.0107. The average Bonchev–Trinajstić information content (AvgIpc) is 2.67. The molecule has 21 heavy (non-hydrogen) atoms. The zero-order valence-corrected chi connectivity index (χ0v) is 12.5. The number of nitrogens with zero attached hydrogens (tertiary/aromatic N) is 1. The lowest BCUT2D eigenvalue weighted by molar-refractivity contribution is 0.0880. The minimum atomic E-state index is -0.633. The number of amides is 2. The highest BCUT2D eigenvalue weighted by Gasteiger charge is 2.32. The van der Waals surface area contributed by atoms with E-state index in [1.807, 2.05) is 22.6 Å². The third-order valence-electron chi connectivity index (χ3n) is 3.13. The predicted molar refractivity (Wildman–Crippen MR) is 82.6 cm³/mol. The number of halogens is 1. The van der Waals surface area contributed by atoms with Crippen molar-refractivity contribution in [1.29, 1.82) is 0 Å². The van der Waals surface area contributed by atoms with Crippen LogP contribution in [0.5, 0.6) is 5.75 Å². The first kappa shape index (κ1) is 13.6. The van der Waals surface area contributed by atoms with Crippen LogP contribution in [-0.4, -0.2) is 21.5 Å². The van der Waals surface area contributed by atoms with Crippen LogP contribution >= 0.6 is 22.6 Å². The molecule has 8 heteroatoms. The number of hydrogen-bond acceptors (Lipinski definition) is 5. The second-order valence-electron chi connectivity index (χ2n) is 4.41. The van der Waals surface area contributed by atoms with Crippen molar-refractivity contribution >= 4 is 40.2 Å². The Bertz CT molecular complexity index is 872. The number of pyridine rings is 1. The molecular weight excluding hydrogens is 389 g/mol. The van der Waals surface area contributed by atoms with Gasteiger partial charge in [-0.15, -0.1) is 0 Å². The van der Waals surface area contributed by atoms with E-state index in [0.29, 0.717) is 9.26 Å². The molecule has 0 bridgehead atoms. The standard InChI is InChI=1S/C13H8IN3O4/c14-7-3-5(18)1-2-8(7)17-9(19)4-6-10(11(17)15)13(21)16-12(6)20/h1-4,18H,15H2,(H,16,20,21). The normalized spacial score (nSPS) is 13.2. The van der Waals surface area contributed by atoms with Gasteiger partial charge in [0.2, 0.25) is 0 Å². The van der Waals surface area contributed by atoms with Crippen LogP contribution in [0.3, 0.4) is 0 Å². The molecule has 106 valence electrons. The highest BCUT2D eigenvalue weighted by molar-refractivity contribution is 14.1. The molecule has 2 heterocycles. The molecule has 4 N–H and O–H groups in total. The summed E-state index contributed by atoms with van der Waals surface area (Å²) in [7, 11) is 0. The summed E-state index contributed by atoms with van der Waals surface area (Å²) in [6.07, 6.45) is 0. The number of carbonyl (C=O) groups excluding carboxylic acids is 2. The summed E-state index contributed by atoms with van der Waals surface area (Å²) in [5.74, 6) is -1.32. The van der Waals surface area contributed by atoms with Gasteiger partial charge in [0.15, 0.2) is 0 Å². The lowest BCUT2D eigenvalue weighted by Crippen LogP contribution is -2.24. The first-order valence-electron chi connectivity index (χ1n) is 5.80. The van der Waals surface area contributed by atoms with Gasteiger partial charge in [0, 0.05) is 9.64 Å². The number of rotatable bonds is 1. The van der Waals surface area contributed by atoms with Crippen molar-refractivity contribution in [2.45, 2.75) is 0 Å². The van der Waals surface area contributed by atoms with E-state index in [9.17, 15) is 19.5 Å². The van der Waals surface area contributed by atoms with Crippen LogP contribution in [0.1, 0.15) is 20.7 Å². The molecule has 7 nitrogen and oxygen atoms in total. The number of aromatic hydroxyl groups is 1. The topological polar surface area (TPSA) is 114 Å². The van der Waals surface area contributed by atoms with E-state index in [-0.39, 0.29) is 22.7 Å². The van der Waals surface area contributed by atoms with E-state index in [1.165, 1.54) is 18.2 Å². The summed E-state index contributed by atoms with van der Waals surface area (Å²) in [6.45, 7) is 0. The molecule has 1 aromatic carbocycles. The van der Waals surface area contributed by atoms with Crippen LogP contribution in [0, 0.1) is 3.57 Å². The number of phenols is 1. The Hall–Kier alpha value is -2.36. The average molecular weight is 397 g/mol. The van der Waals surface area contributed by atoms with Gasteiger partial charge < -0.3 is 10.8 Å². The van der Waals surface area contributed by atoms with Crippen LogP contribution in [0.4, 0.5) is 5.82 Å². The molecule has 3 rings (SSSR count). The number of fused-ring (bicyclic) bond motifs is 1. The number of aromatic nitrogens is 1. The number of hydrogen-bond donors (Lipinski definition) is 3. The third kappa shape index (κ3) is 1.98. The van der Waals surface area contributed by atoms with Gasteiger partial charge in [-0.2, -0.15) is 0 Å². The molecule has 0 atom stereocenters. The van der Waals surface area contributed by atoms with Crippen molar-refractivity contribution in [3.63, 3.8) is 0 Å². The van der Waals surface area contributed by atoms with Crippen LogP contribution in [-0.2, 0) is 0 Å². The second kappa shape index (κ2) is 4.58. The number of carbonyl (C=O) groups is 2. The fourth-order valence-corrected chi connectivity index (χ4v) is 2.95. The van der Waals surface area contributed by atoms with Crippen molar-refractivity contribution in [2.24, 2.45) is 0 Å². The number of nitrogen functional groups attached to an aromatic ring is 1. The van der Waals surface area contributed by atoms with E-state index in [0.717, 1.165) is 10.6 Å². The fourth-order valence-electron chi connectivity index (χ4n) is 2.20. The first-order chi connectivity index (χ1) is 9.90. The molecular formula is C13H8IN3O4. The SMILES string of the molecule is Nc1c2c(cc(=O)n1-c1ccc(O)cc1I)C(=O)NC2=O. The molecule has 1 aromatic heterocycles. The largest absolute Gasteiger partial charge is 0.508 e. The van der Waals surface area contributed by atoms with Gasteiger partial charge in [0.1, 0.15) is 11.6 Å². The number of nitrogens with one attached hydrogen (secondary N) is 1. The quantitative estimate of drug-likeness (QED) is 0.482. The molecule has 0 aliphatic carbocycles. The van der Waals surface area contributed by atoms with Crippen LogP contribution in [0.25, 0.3) is 5.69 Å². The second-order valence-corrected chi connectivity index (χ2v) is 5.57. The molecule has 1 aliphatic rings. The van der Waals surface area contributed by atoms with Crippen LogP contribution in [0.15, 0.2) is 29.1 Å². The van der Waals surface area contributed by atoms with Gasteiger partial charge in [0.25, 0.3) is 17.4 Å². The fraction of sp³-hybridized carbons (Fsp3) is 0. The Balaban J connectivity index is 2.35. The van der Waals surface area contributed by atoms with Gasteiger partial charge >= 0.3 is 0 Å². The monoisotopic (exact) mass is 397 g/mol. The molecule has 0 fully saturated rings. The van der Waals surface area contributed by atoms with Gasteiger partial charge in [-0.1, -0.05) is 0 Å². The molecule has 0 spiro atoms.